The Hall–Kier alpha value is -1.66. The molecule has 0 radical (unpaired) electrons. The van der Waals surface area contributed by atoms with Crippen molar-refractivity contribution in [3.05, 3.63) is 33.9 Å². The summed E-state index contributed by atoms with van der Waals surface area (Å²) in [5.41, 5.74) is 6.38. The van der Waals surface area contributed by atoms with E-state index in [0.717, 1.165) is 5.56 Å². The minimum Gasteiger partial charge on any atom is -0.396 e. The van der Waals surface area contributed by atoms with Crippen LogP contribution in [-0.2, 0) is 6.54 Å². The minimum atomic E-state index is -0.493. The van der Waals surface area contributed by atoms with E-state index in [-0.39, 0.29) is 18.0 Å². The van der Waals surface area contributed by atoms with Gasteiger partial charge in [-0.1, -0.05) is 6.07 Å². The molecule has 0 atom stereocenters. The fraction of sp³-hybridized carbons (Fsp3) is 0.400. The molecule has 4 N–H and O–H groups in total. The smallest absolute Gasteiger partial charge is 0.292 e. The summed E-state index contributed by atoms with van der Waals surface area (Å²) < 4.78 is 0. The summed E-state index contributed by atoms with van der Waals surface area (Å²) in [5, 5.41) is 22.3. The van der Waals surface area contributed by atoms with Crippen molar-refractivity contribution in [3.63, 3.8) is 0 Å². The van der Waals surface area contributed by atoms with Crippen LogP contribution in [0.3, 0.4) is 0 Å². The number of nitro benzene ring substituents is 1. The lowest BCUT2D eigenvalue weighted by molar-refractivity contribution is -0.384. The molecule has 16 heavy (non-hydrogen) atoms. The molecular formula is C10H15N3O3. The average Bonchev–Trinajstić information content (AvgIpc) is 2.26. The van der Waals surface area contributed by atoms with Gasteiger partial charge in [0.25, 0.3) is 5.69 Å². The summed E-state index contributed by atoms with van der Waals surface area (Å²) in [5.74, 6) is 0. The van der Waals surface area contributed by atoms with Crippen LogP contribution in [0.5, 0.6) is 0 Å². The highest BCUT2D eigenvalue weighted by molar-refractivity contribution is 5.59. The fourth-order valence-electron chi connectivity index (χ4n) is 1.29. The SMILES string of the molecule is Nc1ccc(CNCCCO)cc1[N+](=O)[O-]. The van der Waals surface area contributed by atoms with Gasteiger partial charge in [-0.2, -0.15) is 0 Å². The Morgan fingerprint density at radius 3 is 2.88 bits per heavy atom. The number of nitrogen functional groups attached to an aromatic ring is 1. The fourth-order valence-corrected chi connectivity index (χ4v) is 1.29. The summed E-state index contributed by atoms with van der Waals surface area (Å²) in [4.78, 5) is 10.1. The molecule has 0 spiro atoms. The molecule has 0 bridgehead atoms. The van der Waals surface area contributed by atoms with E-state index < -0.39 is 4.92 Å². The largest absolute Gasteiger partial charge is 0.396 e. The number of nitrogens with one attached hydrogen (secondary N) is 1. The van der Waals surface area contributed by atoms with Gasteiger partial charge in [0.05, 0.1) is 4.92 Å². The van der Waals surface area contributed by atoms with Gasteiger partial charge in [-0.05, 0) is 24.6 Å². The summed E-state index contributed by atoms with van der Waals surface area (Å²) in [6, 6.07) is 4.73. The van der Waals surface area contributed by atoms with E-state index >= 15 is 0 Å². The van der Waals surface area contributed by atoms with E-state index in [1.54, 1.807) is 6.07 Å². The molecule has 0 heterocycles. The molecule has 6 heteroatoms. The molecule has 0 aromatic heterocycles. The number of benzene rings is 1. The third-order valence-electron chi connectivity index (χ3n) is 2.13. The zero-order valence-corrected chi connectivity index (χ0v) is 8.85. The van der Waals surface area contributed by atoms with E-state index in [4.69, 9.17) is 10.8 Å². The number of rotatable bonds is 6. The first-order chi connectivity index (χ1) is 7.65. The average molecular weight is 225 g/mol. The summed E-state index contributed by atoms with van der Waals surface area (Å²) in [6.45, 7) is 1.34. The second-order valence-corrected chi connectivity index (χ2v) is 3.40. The van der Waals surface area contributed by atoms with Gasteiger partial charge in [0.1, 0.15) is 5.69 Å². The number of nitro groups is 1. The van der Waals surface area contributed by atoms with Crippen molar-refractivity contribution in [2.45, 2.75) is 13.0 Å². The van der Waals surface area contributed by atoms with Crippen LogP contribution in [0.4, 0.5) is 11.4 Å². The molecule has 0 aliphatic rings. The van der Waals surface area contributed by atoms with E-state index in [2.05, 4.69) is 5.32 Å². The van der Waals surface area contributed by atoms with Crippen molar-refractivity contribution >= 4 is 11.4 Å². The zero-order chi connectivity index (χ0) is 12.0. The van der Waals surface area contributed by atoms with Crippen LogP contribution in [0, 0.1) is 10.1 Å². The molecular weight excluding hydrogens is 210 g/mol. The van der Waals surface area contributed by atoms with Gasteiger partial charge in [-0.25, -0.2) is 0 Å². The van der Waals surface area contributed by atoms with Crippen LogP contribution in [0.2, 0.25) is 0 Å². The van der Waals surface area contributed by atoms with Crippen molar-refractivity contribution in [1.82, 2.24) is 5.32 Å². The van der Waals surface area contributed by atoms with E-state index in [0.29, 0.717) is 19.5 Å². The van der Waals surface area contributed by atoms with Gasteiger partial charge >= 0.3 is 0 Å². The normalized spacial score (nSPS) is 10.3. The molecule has 1 rings (SSSR count). The molecule has 0 saturated carbocycles. The van der Waals surface area contributed by atoms with E-state index in [1.165, 1.54) is 12.1 Å². The Labute approximate surface area is 93.2 Å². The monoisotopic (exact) mass is 225 g/mol. The van der Waals surface area contributed by atoms with Crippen LogP contribution in [-0.4, -0.2) is 23.2 Å². The topological polar surface area (TPSA) is 101 Å². The summed E-state index contributed by atoms with van der Waals surface area (Å²) >= 11 is 0. The summed E-state index contributed by atoms with van der Waals surface area (Å²) in [6.07, 6.45) is 0.664. The molecule has 1 aromatic rings. The zero-order valence-electron chi connectivity index (χ0n) is 8.85. The Bertz CT molecular complexity index is 368. The van der Waals surface area contributed by atoms with Gasteiger partial charge < -0.3 is 16.2 Å². The molecule has 88 valence electrons. The molecule has 1 aromatic carbocycles. The highest BCUT2D eigenvalue weighted by Gasteiger charge is 2.11. The Kier molecular flexibility index (Phi) is 4.68. The Morgan fingerprint density at radius 2 is 2.25 bits per heavy atom. The van der Waals surface area contributed by atoms with Gasteiger partial charge in [-0.15, -0.1) is 0 Å². The number of aliphatic hydroxyl groups excluding tert-OH is 1. The van der Waals surface area contributed by atoms with Gasteiger partial charge in [0, 0.05) is 19.2 Å². The molecule has 0 saturated heterocycles. The van der Waals surface area contributed by atoms with Crippen molar-refractivity contribution in [2.75, 3.05) is 18.9 Å². The number of aliphatic hydroxyl groups is 1. The maximum Gasteiger partial charge on any atom is 0.292 e. The highest BCUT2D eigenvalue weighted by atomic mass is 16.6. The predicted octanol–water partition coefficient (Wildman–Crippen LogP) is 0.649. The van der Waals surface area contributed by atoms with E-state index in [1.807, 2.05) is 0 Å². The standard InChI is InChI=1S/C10H15N3O3/c11-9-3-2-8(6-10(9)13(15)16)7-12-4-1-5-14/h2-3,6,12,14H,1,4-5,7,11H2. The van der Waals surface area contributed by atoms with Crippen molar-refractivity contribution in [3.8, 4) is 0 Å². The van der Waals surface area contributed by atoms with Crippen molar-refractivity contribution in [2.24, 2.45) is 0 Å². The number of hydrogen-bond acceptors (Lipinski definition) is 5. The lowest BCUT2D eigenvalue weighted by Crippen LogP contribution is -2.15. The van der Waals surface area contributed by atoms with Crippen LogP contribution in [0.1, 0.15) is 12.0 Å². The number of nitrogens with two attached hydrogens (primary N) is 1. The first-order valence-corrected chi connectivity index (χ1v) is 4.99. The van der Waals surface area contributed by atoms with Crippen LogP contribution >= 0.6 is 0 Å². The third-order valence-corrected chi connectivity index (χ3v) is 2.13. The molecule has 0 fully saturated rings. The van der Waals surface area contributed by atoms with Gasteiger partial charge in [0.2, 0.25) is 0 Å². The van der Waals surface area contributed by atoms with Crippen molar-refractivity contribution in [1.29, 1.82) is 0 Å². The Morgan fingerprint density at radius 1 is 1.50 bits per heavy atom. The Balaban J connectivity index is 2.61. The predicted molar refractivity (Wildman–Crippen MR) is 60.9 cm³/mol. The lowest BCUT2D eigenvalue weighted by atomic mass is 10.1. The quantitative estimate of drug-likeness (QED) is 0.285. The highest BCUT2D eigenvalue weighted by Crippen LogP contribution is 2.22. The van der Waals surface area contributed by atoms with Crippen LogP contribution in [0.25, 0.3) is 0 Å². The first kappa shape index (κ1) is 12.4. The lowest BCUT2D eigenvalue weighted by Gasteiger charge is -2.04. The molecule has 6 nitrogen and oxygen atoms in total. The molecule has 0 aliphatic carbocycles. The first-order valence-electron chi connectivity index (χ1n) is 4.99. The van der Waals surface area contributed by atoms with Crippen LogP contribution in [0.15, 0.2) is 18.2 Å². The summed E-state index contributed by atoms with van der Waals surface area (Å²) in [7, 11) is 0. The second kappa shape index (κ2) is 6.04. The number of nitrogens with zero attached hydrogens (tertiary/aromatic N) is 1. The second-order valence-electron chi connectivity index (χ2n) is 3.40. The van der Waals surface area contributed by atoms with E-state index in [9.17, 15) is 10.1 Å². The molecule has 0 aliphatic heterocycles. The van der Waals surface area contributed by atoms with Gasteiger partial charge in [-0.3, -0.25) is 10.1 Å². The number of hydrogen-bond donors (Lipinski definition) is 3. The van der Waals surface area contributed by atoms with Crippen molar-refractivity contribution < 1.29 is 10.0 Å². The maximum absolute atomic E-state index is 10.6. The maximum atomic E-state index is 10.6. The third kappa shape index (κ3) is 3.48. The molecule has 0 amide bonds. The molecule has 0 unspecified atom stereocenters. The van der Waals surface area contributed by atoms with Crippen LogP contribution < -0.4 is 11.1 Å². The van der Waals surface area contributed by atoms with Gasteiger partial charge in [0.15, 0.2) is 0 Å². The number of anilines is 1. The minimum absolute atomic E-state index is 0.0681.